The third-order valence-corrected chi connectivity index (χ3v) is 4.22. The van der Waals surface area contributed by atoms with Gasteiger partial charge in [0.25, 0.3) is 0 Å². The molecule has 102 valence electrons. The van der Waals surface area contributed by atoms with Gasteiger partial charge in [0.2, 0.25) is 0 Å². The lowest BCUT2D eigenvalue weighted by molar-refractivity contribution is 0.0848. The van der Waals surface area contributed by atoms with E-state index in [4.69, 9.17) is 0 Å². The Morgan fingerprint density at radius 1 is 1.35 bits per heavy atom. The molecule has 1 saturated heterocycles. The number of hydrogen-bond donors (Lipinski definition) is 1. The van der Waals surface area contributed by atoms with Crippen LogP contribution in [0.2, 0.25) is 0 Å². The summed E-state index contributed by atoms with van der Waals surface area (Å²) < 4.78 is 0. The molecule has 3 heteroatoms. The number of likely N-dealkylation sites (N-methyl/N-ethyl adjacent to an activating group) is 2. The van der Waals surface area contributed by atoms with Crippen molar-refractivity contribution in [1.29, 1.82) is 0 Å². The van der Waals surface area contributed by atoms with Gasteiger partial charge in [0.1, 0.15) is 0 Å². The lowest BCUT2D eigenvalue weighted by Crippen LogP contribution is -2.54. The second kappa shape index (κ2) is 7.34. The van der Waals surface area contributed by atoms with E-state index in [-0.39, 0.29) is 0 Å². The number of rotatable bonds is 6. The standard InChI is InChI=1S/C14H31N3/c1-6-14(15-7-2)12(3)17-10-8-9-13(11-17)16(4)5/h12-15H,6-11H2,1-5H3. The van der Waals surface area contributed by atoms with Crippen molar-refractivity contribution in [3.05, 3.63) is 0 Å². The van der Waals surface area contributed by atoms with Crippen LogP contribution in [-0.4, -0.2) is 61.7 Å². The smallest absolute Gasteiger partial charge is 0.0221 e. The first-order chi connectivity index (χ1) is 8.10. The Hall–Kier alpha value is -0.120. The minimum Gasteiger partial charge on any atom is -0.313 e. The summed E-state index contributed by atoms with van der Waals surface area (Å²) in [6, 6.07) is 2.04. The average molecular weight is 241 g/mol. The van der Waals surface area contributed by atoms with E-state index in [2.05, 4.69) is 50.0 Å². The number of likely N-dealkylation sites (tertiary alicyclic amines) is 1. The largest absolute Gasteiger partial charge is 0.313 e. The molecule has 0 aromatic heterocycles. The van der Waals surface area contributed by atoms with Gasteiger partial charge >= 0.3 is 0 Å². The first kappa shape index (κ1) is 14.9. The van der Waals surface area contributed by atoms with Crippen LogP contribution in [0.15, 0.2) is 0 Å². The third-order valence-electron chi connectivity index (χ3n) is 4.22. The van der Waals surface area contributed by atoms with Crippen LogP contribution in [0.3, 0.4) is 0 Å². The molecule has 17 heavy (non-hydrogen) atoms. The number of nitrogens with zero attached hydrogens (tertiary/aromatic N) is 2. The fourth-order valence-electron chi connectivity index (χ4n) is 2.95. The lowest BCUT2D eigenvalue weighted by atomic mass is 9.99. The minimum atomic E-state index is 0.640. The third kappa shape index (κ3) is 4.23. The van der Waals surface area contributed by atoms with Gasteiger partial charge in [0, 0.05) is 24.7 Å². The molecule has 0 aliphatic carbocycles. The van der Waals surface area contributed by atoms with E-state index in [1.165, 1.54) is 32.4 Å². The fraction of sp³-hybridized carbons (Fsp3) is 1.00. The predicted octanol–water partition coefficient (Wildman–Crippen LogP) is 1.79. The van der Waals surface area contributed by atoms with Crippen LogP contribution in [0, 0.1) is 0 Å². The van der Waals surface area contributed by atoms with Crippen LogP contribution in [0.25, 0.3) is 0 Å². The Bertz CT molecular complexity index is 206. The zero-order valence-electron chi connectivity index (χ0n) is 12.4. The highest BCUT2D eigenvalue weighted by Crippen LogP contribution is 2.18. The molecule has 0 saturated carbocycles. The summed E-state index contributed by atoms with van der Waals surface area (Å²) in [5.41, 5.74) is 0. The molecule has 1 rings (SSSR count). The Morgan fingerprint density at radius 3 is 2.59 bits per heavy atom. The molecule has 1 N–H and O–H groups in total. The molecule has 1 fully saturated rings. The van der Waals surface area contributed by atoms with Gasteiger partial charge in [-0.25, -0.2) is 0 Å². The van der Waals surface area contributed by atoms with Crippen LogP contribution in [0.5, 0.6) is 0 Å². The van der Waals surface area contributed by atoms with Gasteiger partial charge in [-0.2, -0.15) is 0 Å². The van der Waals surface area contributed by atoms with Gasteiger partial charge in [-0.15, -0.1) is 0 Å². The van der Waals surface area contributed by atoms with Gasteiger partial charge < -0.3 is 10.2 Å². The van der Waals surface area contributed by atoms with Gasteiger partial charge in [-0.1, -0.05) is 13.8 Å². The van der Waals surface area contributed by atoms with Gasteiger partial charge in [0.05, 0.1) is 0 Å². The maximum atomic E-state index is 3.62. The maximum Gasteiger partial charge on any atom is 0.0221 e. The molecule has 0 spiro atoms. The molecule has 1 aliphatic rings. The molecule has 1 aliphatic heterocycles. The monoisotopic (exact) mass is 241 g/mol. The van der Waals surface area contributed by atoms with E-state index >= 15 is 0 Å². The van der Waals surface area contributed by atoms with Crippen LogP contribution < -0.4 is 5.32 Å². The normalized spacial score (nSPS) is 26.1. The molecule has 3 unspecified atom stereocenters. The Morgan fingerprint density at radius 2 is 2.06 bits per heavy atom. The summed E-state index contributed by atoms with van der Waals surface area (Å²) in [6.07, 6.45) is 3.92. The molecule has 3 nitrogen and oxygen atoms in total. The number of piperidine rings is 1. The molecule has 0 aromatic carbocycles. The van der Waals surface area contributed by atoms with E-state index in [0.29, 0.717) is 12.1 Å². The van der Waals surface area contributed by atoms with Crippen molar-refractivity contribution in [3.8, 4) is 0 Å². The van der Waals surface area contributed by atoms with E-state index in [1.807, 2.05) is 0 Å². The Balaban J connectivity index is 2.52. The van der Waals surface area contributed by atoms with Crippen LogP contribution in [0.4, 0.5) is 0 Å². The summed E-state index contributed by atoms with van der Waals surface area (Å²) >= 11 is 0. The average Bonchev–Trinajstić information content (AvgIpc) is 2.35. The first-order valence-electron chi connectivity index (χ1n) is 7.24. The fourth-order valence-corrected chi connectivity index (χ4v) is 2.95. The highest BCUT2D eigenvalue weighted by atomic mass is 15.2. The van der Waals surface area contributed by atoms with E-state index in [1.54, 1.807) is 0 Å². The predicted molar refractivity (Wildman–Crippen MR) is 75.5 cm³/mol. The van der Waals surface area contributed by atoms with Crippen molar-refractivity contribution in [1.82, 2.24) is 15.1 Å². The van der Waals surface area contributed by atoms with E-state index in [0.717, 1.165) is 12.6 Å². The van der Waals surface area contributed by atoms with Crippen LogP contribution in [0.1, 0.15) is 40.0 Å². The highest BCUT2D eigenvalue weighted by Gasteiger charge is 2.27. The van der Waals surface area contributed by atoms with Crippen molar-refractivity contribution in [2.24, 2.45) is 0 Å². The minimum absolute atomic E-state index is 0.640. The van der Waals surface area contributed by atoms with Crippen molar-refractivity contribution in [2.75, 3.05) is 33.7 Å². The second-order valence-corrected chi connectivity index (χ2v) is 5.57. The number of nitrogens with one attached hydrogen (secondary N) is 1. The van der Waals surface area contributed by atoms with E-state index in [9.17, 15) is 0 Å². The van der Waals surface area contributed by atoms with Gasteiger partial charge in [0.15, 0.2) is 0 Å². The van der Waals surface area contributed by atoms with Crippen LogP contribution >= 0.6 is 0 Å². The summed E-state index contributed by atoms with van der Waals surface area (Å²) in [7, 11) is 4.42. The highest BCUT2D eigenvalue weighted by molar-refractivity contribution is 4.86. The summed E-state index contributed by atoms with van der Waals surface area (Å²) in [5, 5.41) is 3.62. The number of hydrogen-bond acceptors (Lipinski definition) is 3. The molecule has 0 bridgehead atoms. The molecule has 3 atom stereocenters. The van der Waals surface area contributed by atoms with Crippen LogP contribution in [-0.2, 0) is 0 Å². The molecule has 0 radical (unpaired) electrons. The van der Waals surface area contributed by atoms with Gasteiger partial charge in [-0.3, -0.25) is 4.90 Å². The molecular weight excluding hydrogens is 210 g/mol. The zero-order valence-corrected chi connectivity index (χ0v) is 12.4. The summed E-state index contributed by atoms with van der Waals surface area (Å²) in [5.74, 6) is 0. The molecule has 0 amide bonds. The van der Waals surface area contributed by atoms with Crippen molar-refractivity contribution in [3.63, 3.8) is 0 Å². The van der Waals surface area contributed by atoms with Crippen molar-refractivity contribution >= 4 is 0 Å². The zero-order chi connectivity index (χ0) is 12.8. The Labute approximate surface area is 108 Å². The SMILES string of the molecule is CCNC(CC)C(C)N1CCCC(N(C)C)C1. The summed E-state index contributed by atoms with van der Waals surface area (Å²) in [6.45, 7) is 10.5. The summed E-state index contributed by atoms with van der Waals surface area (Å²) in [4.78, 5) is 5.05. The second-order valence-electron chi connectivity index (χ2n) is 5.57. The molecule has 0 aromatic rings. The topological polar surface area (TPSA) is 18.5 Å². The Kier molecular flexibility index (Phi) is 6.45. The first-order valence-corrected chi connectivity index (χ1v) is 7.24. The van der Waals surface area contributed by atoms with Crippen molar-refractivity contribution < 1.29 is 0 Å². The molecule has 1 heterocycles. The quantitative estimate of drug-likeness (QED) is 0.765. The maximum absolute atomic E-state index is 3.62. The van der Waals surface area contributed by atoms with Crippen molar-refractivity contribution in [2.45, 2.75) is 58.2 Å². The molecular formula is C14H31N3. The van der Waals surface area contributed by atoms with E-state index < -0.39 is 0 Å². The van der Waals surface area contributed by atoms with Gasteiger partial charge in [-0.05, 0) is 53.4 Å². The lowest BCUT2D eigenvalue weighted by Gasteiger charge is -2.42.